The minimum absolute atomic E-state index is 0.233. The normalized spacial score (nSPS) is 17.1. The summed E-state index contributed by atoms with van der Waals surface area (Å²) < 4.78 is 32.0. The fourth-order valence-corrected chi connectivity index (χ4v) is 6.04. The number of nitrogen functional groups attached to an aromatic ring is 1. The number of hydrogen-bond acceptors (Lipinski definition) is 7. The molecular formula is C18H22N4O3S2. The van der Waals surface area contributed by atoms with E-state index in [2.05, 4.69) is 16.9 Å². The second-order valence-corrected chi connectivity index (χ2v) is 9.80. The van der Waals surface area contributed by atoms with Gasteiger partial charge < -0.3 is 10.5 Å². The van der Waals surface area contributed by atoms with Crippen LogP contribution in [0.15, 0.2) is 18.2 Å². The van der Waals surface area contributed by atoms with Crippen molar-refractivity contribution in [2.24, 2.45) is 0 Å². The molecule has 3 aromatic rings. The van der Waals surface area contributed by atoms with E-state index in [9.17, 15) is 8.42 Å². The lowest BCUT2D eigenvalue weighted by atomic mass is 10.2. The van der Waals surface area contributed by atoms with Crippen molar-refractivity contribution < 1.29 is 13.2 Å². The first-order valence-electron chi connectivity index (χ1n) is 9.07. The highest BCUT2D eigenvalue weighted by Gasteiger charge is 2.27. The fraction of sp³-hybridized carbons (Fsp3) is 0.444. The summed E-state index contributed by atoms with van der Waals surface area (Å²) in [7, 11) is -3.09. The van der Waals surface area contributed by atoms with Crippen molar-refractivity contribution in [3.63, 3.8) is 0 Å². The van der Waals surface area contributed by atoms with Crippen LogP contribution >= 0.6 is 11.3 Å². The molecule has 1 fully saturated rings. The first kappa shape index (κ1) is 18.4. The Morgan fingerprint density at radius 3 is 2.93 bits per heavy atom. The Labute approximate surface area is 162 Å². The van der Waals surface area contributed by atoms with Gasteiger partial charge in [-0.15, -0.1) is 11.3 Å². The second-order valence-electron chi connectivity index (χ2n) is 6.63. The number of benzene rings is 1. The zero-order valence-electron chi connectivity index (χ0n) is 15.1. The van der Waals surface area contributed by atoms with Gasteiger partial charge in [-0.25, -0.2) is 18.4 Å². The third-order valence-corrected chi connectivity index (χ3v) is 7.75. The van der Waals surface area contributed by atoms with Crippen LogP contribution in [0.3, 0.4) is 0 Å². The Morgan fingerprint density at radius 2 is 2.19 bits per heavy atom. The van der Waals surface area contributed by atoms with Crippen LogP contribution in [0.5, 0.6) is 5.75 Å². The van der Waals surface area contributed by atoms with Crippen LogP contribution < -0.4 is 10.5 Å². The summed E-state index contributed by atoms with van der Waals surface area (Å²) in [5.74, 6) is 1.32. The fourth-order valence-electron chi connectivity index (χ4n) is 3.32. The van der Waals surface area contributed by atoms with Crippen molar-refractivity contribution >= 4 is 48.3 Å². The molecule has 0 atom stereocenters. The Bertz CT molecular complexity index is 1090. The molecule has 0 bridgehead atoms. The lowest BCUT2D eigenvalue weighted by Gasteiger charge is -2.14. The maximum absolute atomic E-state index is 11.8. The Hall–Kier alpha value is -1.97. The van der Waals surface area contributed by atoms with Crippen LogP contribution in [0.4, 0.5) is 5.82 Å². The van der Waals surface area contributed by atoms with Gasteiger partial charge in [-0.2, -0.15) is 4.31 Å². The molecule has 9 heteroatoms. The molecule has 0 unspecified atom stereocenters. The van der Waals surface area contributed by atoms with Gasteiger partial charge in [0.05, 0.1) is 21.0 Å². The first-order valence-corrected chi connectivity index (χ1v) is 11.5. The largest absolute Gasteiger partial charge is 0.492 e. The van der Waals surface area contributed by atoms with Crippen LogP contribution in [0.1, 0.15) is 24.8 Å². The van der Waals surface area contributed by atoms with E-state index < -0.39 is 10.0 Å². The smallest absolute Gasteiger partial charge is 0.214 e. The molecule has 3 heterocycles. The average Bonchev–Trinajstić information content (AvgIpc) is 3.19. The number of pyridine rings is 1. The molecule has 0 aliphatic carbocycles. The van der Waals surface area contributed by atoms with Crippen molar-refractivity contribution in [3.8, 4) is 5.75 Å². The van der Waals surface area contributed by atoms with E-state index in [0.29, 0.717) is 37.7 Å². The van der Waals surface area contributed by atoms with Gasteiger partial charge in [0, 0.05) is 24.5 Å². The molecule has 1 aliphatic heterocycles. The summed E-state index contributed by atoms with van der Waals surface area (Å²) >= 11 is 1.66. The van der Waals surface area contributed by atoms with Crippen molar-refractivity contribution in [2.75, 3.05) is 31.2 Å². The monoisotopic (exact) mass is 406 g/mol. The molecule has 144 valence electrons. The highest BCUT2D eigenvalue weighted by atomic mass is 32.2. The highest BCUT2D eigenvalue weighted by Crippen LogP contribution is 2.34. The van der Waals surface area contributed by atoms with Crippen molar-refractivity contribution in [3.05, 3.63) is 23.2 Å². The van der Waals surface area contributed by atoms with Gasteiger partial charge in [-0.3, -0.25) is 0 Å². The van der Waals surface area contributed by atoms with Crippen molar-refractivity contribution in [2.45, 2.75) is 26.2 Å². The summed E-state index contributed by atoms with van der Waals surface area (Å²) in [5, 5.41) is 2.08. The zero-order chi connectivity index (χ0) is 19.0. The number of nitrogens with two attached hydrogens (primary N) is 1. The number of sulfonamides is 1. The third kappa shape index (κ3) is 3.59. The molecule has 0 radical (unpaired) electrons. The number of hydrogen-bond donors (Lipinski definition) is 1. The number of fused-ring (bicyclic) bond motifs is 3. The molecule has 1 aliphatic rings. The van der Waals surface area contributed by atoms with Crippen LogP contribution in [0.25, 0.3) is 21.1 Å². The van der Waals surface area contributed by atoms with Crippen LogP contribution in [-0.2, 0) is 16.4 Å². The second kappa shape index (κ2) is 7.21. The summed E-state index contributed by atoms with van der Waals surface area (Å²) in [4.78, 5) is 9.10. The number of nitrogens with zero attached hydrogens (tertiary/aromatic N) is 3. The first-order chi connectivity index (χ1) is 13.0. The third-order valence-electron chi connectivity index (χ3n) is 4.65. The predicted molar refractivity (Wildman–Crippen MR) is 109 cm³/mol. The molecule has 4 rings (SSSR count). The minimum Gasteiger partial charge on any atom is -0.492 e. The van der Waals surface area contributed by atoms with E-state index >= 15 is 0 Å². The average molecular weight is 407 g/mol. The molecule has 2 aromatic heterocycles. The van der Waals surface area contributed by atoms with E-state index in [4.69, 9.17) is 10.5 Å². The lowest BCUT2D eigenvalue weighted by Crippen LogP contribution is -2.30. The quantitative estimate of drug-likeness (QED) is 0.676. The van der Waals surface area contributed by atoms with Crippen molar-refractivity contribution in [1.82, 2.24) is 14.3 Å². The maximum Gasteiger partial charge on any atom is 0.214 e. The van der Waals surface area contributed by atoms with Crippen molar-refractivity contribution in [1.29, 1.82) is 0 Å². The van der Waals surface area contributed by atoms with Gasteiger partial charge in [0.25, 0.3) is 0 Å². The standard InChI is InChI=1S/C18H22N4O3S2/c1-2-4-15-21-16-17(26-15)13-6-5-12(11-14(13)20-18(16)19)25-9-8-22-7-3-10-27(22,23)24/h5-6,11H,2-4,7-10H2,1H3,(H2,19,20). The number of ether oxygens (including phenoxy) is 1. The number of thiazole rings is 1. The van der Waals surface area contributed by atoms with E-state index in [0.717, 1.165) is 39.0 Å². The zero-order valence-corrected chi connectivity index (χ0v) is 16.8. The van der Waals surface area contributed by atoms with Gasteiger partial charge in [-0.1, -0.05) is 6.92 Å². The molecule has 0 spiro atoms. The number of aryl methyl sites for hydroxylation is 1. The molecule has 0 saturated carbocycles. The van der Waals surface area contributed by atoms with Gasteiger partial charge in [0.1, 0.15) is 17.9 Å². The molecular weight excluding hydrogens is 384 g/mol. The molecule has 1 aromatic carbocycles. The number of anilines is 1. The Balaban J connectivity index is 1.56. The number of rotatable bonds is 6. The summed E-state index contributed by atoms with van der Waals surface area (Å²) in [5.41, 5.74) is 7.64. The van der Waals surface area contributed by atoms with Crippen LogP contribution in [0.2, 0.25) is 0 Å². The van der Waals surface area contributed by atoms with E-state index in [1.807, 2.05) is 18.2 Å². The molecule has 27 heavy (non-hydrogen) atoms. The Morgan fingerprint density at radius 1 is 1.33 bits per heavy atom. The summed E-state index contributed by atoms with van der Waals surface area (Å²) in [6, 6.07) is 5.71. The van der Waals surface area contributed by atoms with Gasteiger partial charge in [0.2, 0.25) is 10.0 Å². The van der Waals surface area contributed by atoms with Gasteiger partial charge in [0.15, 0.2) is 5.82 Å². The van der Waals surface area contributed by atoms with Crippen LogP contribution in [-0.4, -0.2) is 48.1 Å². The Kier molecular flexibility index (Phi) is 4.92. The summed E-state index contributed by atoms with van der Waals surface area (Å²) in [6.45, 7) is 3.38. The lowest BCUT2D eigenvalue weighted by molar-refractivity contribution is 0.279. The molecule has 1 saturated heterocycles. The molecule has 2 N–H and O–H groups in total. The van der Waals surface area contributed by atoms with E-state index in [-0.39, 0.29) is 5.75 Å². The van der Waals surface area contributed by atoms with E-state index in [1.165, 1.54) is 4.31 Å². The highest BCUT2D eigenvalue weighted by molar-refractivity contribution is 7.89. The predicted octanol–water partition coefficient (Wildman–Crippen LogP) is 2.79. The molecule has 0 amide bonds. The maximum atomic E-state index is 11.8. The minimum atomic E-state index is -3.09. The van der Waals surface area contributed by atoms with Gasteiger partial charge in [-0.05, 0) is 31.4 Å². The summed E-state index contributed by atoms with van der Waals surface area (Å²) in [6.07, 6.45) is 2.66. The topological polar surface area (TPSA) is 98.4 Å². The number of aromatic nitrogens is 2. The SMILES string of the molecule is CCCc1nc2c(N)nc3cc(OCCN4CCCS4(=O)=O)ccc3c2s1. The van der Waals surface area contributed by atoms with Crippen LogP contribution in [0, 0.1) is 0 Å². The van der Waals surface area contributed by atoms with E-state index in [1.54, 1.807) is 11.3 Å². The van der Waals surface area contributed by atoms with Gasteiger partial charge >= 0.3 is 0 Å². The molecule has 7 nitrogen and oxygen atoms in total.